The number of carbonyl (C=O) groups excluding carboxylic acids is 1. The van der Waals surface area contributed by atoms with Crippen LogP contribution in [0.15, 0.2) is 33.3 Å². The van der Waals surface area contributed by atoms with Crippen LogP contribution in [0.3, 0.4) is 0 Å². The second kappa shape index (κ2) is 10.2. The third-order valence-electron chi connectivity index (χ3n) is 7.03. The molecule has 4 rings (SSSR count). The molecule has 0 N–H and O–H groups in total. The lowest BCUT2D eigenvalue weighted by atomic mass is 9.76. The van der Waals surface area contributed by atoms with Gasteiger partial charge in [-0.2, -0.15) is 0 Å². The van der Waals surface area contributed by atoms with Gasteiger partial charge in [0.15, 0.2) is 0 Å². The quantitative estimate of drug-likeness (QED) is 0.369. The van der Waals surface area contributed by atoms with Crippen molar-refractivity contribution in [2.75, 3.05) is 13.1 Å². The zero-order chi connectivity index (χ0) is 23.9. The summed E-state index contributed by atoms with van der Waals surface area (Å²) in [7, 11) is 0. The van der Waals surface area contributed by atoms with Gasteiger partial charge >= 0.3 is 6.03 Å². The average Bonchev–Trinajstić information content (AvgIpc) is 2.90. The Balaban J connectivity index is 1.65. The summed E-state index contributed by atoms with van der Waals surface area (Å²) < 4.78 is 2.09. The van der Waals surface area contributed by atoms with Crippen LogP contribution in [0.25, 0.3) is 0 Å². The monoisotopic (exact) mass is 595 g/mol. The molecule has 1 aromatic carbocycles. The molecule has 2 heterocycles. The number of rotatable bonds is 3. The standard InChI is InChI=1S/C26H32Br2ClN3O/c1-15(2)32(16(3)4)26(33)31-9-7-17(8-10-31)24-23-18(12-21(29)13-22(23)28)5-6-19-11-20(27)14-30-25(19)24/h11-17,24H,5-10H2,1-4H3/t24-/m1/s1. The summed E-state index contributed by atoms with van der Waals surface area (Å²) in [5.41, 5.74) is 5.11. The van der Waals surface area contributed by atoms with E-state index >= 15 is 0 Å². The molecule has 2 amide bonds. The molecule has 33 heavy (non-hydrogen) atoms. The highest BCUT2D eigenvalue weighted by molar-refractivity contribution is 9.10. The molecule has 2 aromatic rings. The summed E-state index contributed by atoms with van der Waals surface area (Å²) >= 11 is 13.9. The smallest absolute Gasteiger partial charge is 0.320 e. The van der Waals surface area contributed by atoms with Crippen molar-refractivity contribution in [3.05, 3.63) is 60.7 Å². The number of hydrogen-bond donors (Lipinski definition) is 0. The van der Waals surface area contributed by atoms with Crippen LogP contribution >= 0.6 is 43.5 Å². The van der Waals surface area contributed by atoms with Gasteiger partial charge in [-0.1, -0.05) is 27.5 Å². The molecule has 1 aliphatic carbocycles. The van der Waals surface area contributed by atoms with Gasteiger partial charge < -0.3 is 9.80 Å². The summed E-state index contributed by atoms with van der Waals surface area (Å²) in [4.78, 5) is 22.2. The fourth-order valence-electron chi connectivity index (χ4n) is 5.66. The third kappa shape index (κ3) is 5.13. The van der Waals surface area contributed by atoms with Crippen LogP contribution in [0.5, 0.6) is 0 Å². The van der Waals surface area contributed by atoms with Crippen LogP contribution in [-0.4, -0.2) is 46.0 Å². The van der Waals surface area contributed by atoms with E-state index in [4.69, 9.17) is 16.6 Å². The minimum atomic E-state index is 0.162. The first-order chi connectivity index (χ1) is 15.7. The number of fused-ring (bicyclic) bond motifs is 2. The maximum Gasteiger partial charge on any atom is 0.320 e. The van der Waals surface area contributed by atoms with Crippen LogP contribution in [0.1, 0.15) is 68.8 Å². The van der Waals surface area contributed by atoms with E-state index in [9.17, 15) is 4.79 Å². The largest absolute Gasteiger partial charge is 0.325 e. The zero-order valence-corrected chi connectivity index (χ0v) is 23.7. The van der Waals surface area contributed by atoms with Crippen LogP contribution in [0.2, 0.25) is 5.02 Å². The van der Waals surface area contributed by atoms with E-state index in [0.29, 0.717) is 5.92 Å². The second-order valence-electron chi connectivity index (χ2n) is 9.84. The van der Waals surface area contributed by atoms with E-state index in [1.54, 1.807) is 0 Å². The van der Waals surface area contributed by atoms with E-state index in [1.807, 2.05) is 22.1 Å². The number of carbonyl (C=O) groups is 1. The molecule has 0 spiro atoms. The lowest BCUT2D eigenvalue weighted by molar-refractivity contribution is 0.107. The van der Waals surface area contributed by atoms with Crippen molar-refractivity contribution in [1.82, 2.24) is 14.8 Å². The SMILES string of the molecule is CC(C)N(C(=O)N1CCC([C@H]2c3ncc(Br)cc3CCc3cc(Cl)cc(Br)c32)CC1)C(C)C. The van der Waals surface area contributed by atoms with E-state index < -0.39 is 0 Å². The van der Waals surface area contributed by atoms with Crippen LogP contribution in [-0.2, 0) is 12.8 Å². The van der Waals surface area contributed by atoms with Crippen molar-refractivity contribution < 1.29 is 4.79 Å². The van der Waals surface area contributed by atoms with Crippen LogP contribution in [0.4, 0.5) is 4.79 Å². The van der Waals surface area contributed by atoms with Crippen molar-refractivity contribution in [2.24, 2.45) is 5.92 Å². The Labute approximate surface area is 219 Å². The van der Waals surface area contributed by atoms with Gasteiger partial charge in [-0.25, -0.2) is 4.79 Å². The molecule has 1 aromatic heterocycles. The minimum absolute atomic E-state index is 0.162. The number of aryl methyl sites for hydroxylation is 2. The summed E-state index contributed by atoms with van der Waals surface area (Å²) in [5, 5.41) is 0.766. The minimum Gasteiger partial charge on any atom is -0.325 e. The molecule has 1 saturated heterocycles. The number of hydrogen-bond acceptors (Lipinski definition) is 2. The summed E-state index contributed by atoms with van der Waals surface area (Å²) in [6.45, 7) is 9.94. The molecule has 1 aliphatic heterocycles. The summed E-state index contributed by atoms with van der Waals surface area (Å²) in [5.74, 6) is 0.614. The van der Waals surface area contributed by atoms with E-state index in [1.165, 1.54) is 22.4 Å². The predicted octanol–water partition coefficient (Wildman–Crippen LogP) is 7.44. The normalized spacial score (nSPS) is 18.8. The molecule has 4 nitrogen and oxygen atoms in total. The van der Waals surface area contributed by atoms with Crippen molar-refractivity contribution in [1.29, 1.82) is 0 Å². The van der Waals surface area contributed by atoms with Gasteiger partial charge in [0, 0.05) is 51.3 Å². The molecule has 1 atom stereocenters. The van der Waals surface area contributed by atoms with Gasteiger partial charge in [0.05, 0.1) is 5.69 Å². The highest BCUT2D eigenvalue weighted by atomic mass is 79.9. The topological polar surface area (TPSA) is 36.4 Å². The molecular weight excluding hydrogens is 566 g/mol. The number of pyridine rings is 1. The number of urea groups is 1. The number of likely N-dealkylation sites (tertiary alicyclic amines) is 1. The average molecular weight is 598 g/mol. The number of nitrogens with zero attached hydrogens (tertiary/aromatic N) is 3. The lowest BCUT2D eigenvalue weighted by Crippen LogP contribution is -2.52. The first kappa shape index (κ1) is 25.0. The highest BCUT2D eigenvalue weighted by Crippen LogP contribution is 2.46. The van der Waals surface area contributed by atoms with Crippen molar-refractivity contribution >= 4 is 49.5 Å². The lowest BCUT2D eigenvalue weighted by Gasteiger charge is -2.41. The van der Waals surface area contributed by atoms with Crippen molar-refractivity contribution in [3.63, 3.8) is 0 Å². The number of aromatic nitrogens is 1. The van der Waals surface area contributed by atoms with Gasteiger partial charge in [0.2, 0.25) is 0 Å². The highest BCUT2D eigenvalue weighted by Gasteiger charge is 2.37. The Morgan fingerprint density at radius 1 is 1.06 bits per heavy atom. The molecule has 0 unspecified atom stereocenters. The van der Waals surface area contributed by atoms with E-state index in [0.717, 1.165) is 52.7 Å². The van der Waals surface area contributed by atoms with Crippen molar-refractivity contribution in [2.45, 2.75) is 71.4 Å². The number of piperidine rings is 1. The number of benzene rings is 1. The van der Waals surface area contributed by atoms with E-state index in [-0.39, 0.29) is 24.0 Å². The fourth-order valence-corrected chi connectivity index (χ4v) is 7.15. The van der Waals surface area contributed by atoms with Crippen LogP contribution < -0.4 is 0 Å². The molecular formula is C26H32Br2ClN3O. The summed E-state index contributed by atoms with van der Waals surface area (Å²) in [6.07, 6.45) is 5.75. The fraction of sp³-hybridized carbons (Fsp3) is 0.538. The Kier molecular flexibility index (Phi) is 7.76. The van der Waals surface area contributed by atoms with Gasteiger partial charge in [-0.15, -0.1) is 0 Å². The van der Waals surface area contributed by atoms with Gasteiger partial charge in [-0.05, 0) is 110 Å². The zero-order valence-electron chi connectivity index (χ0n) is 19.7. The molecule has 2 aliphatic rings. The summed E-state index contributed by atoms with van der Waals surface area (Å²) in [6, 6.07) is 6.91. The van der Waals surface area contributed by atoms with Gasteiger partial charge in [0.25, 0.3) is 0 Å². The van der Waals surface area contributed by atoms with Gasteiger partial charge in [-0.3, -0.25) is 4.98 Å². The first-order valence-electron chi connectivity index (χ1n) is 11.9. The van der Waals surface area contributed by atoms with Gasteiger partial charge in [0.1, 0.15) is 0 Å². The Bertz CT molecular complexity index is 1030. The maximum absolute atomic E-state index is 13.3. The van der Waals surface area contributed by atoms with E-state index in [2.05, 4.69) is 71.7 Å². The molecule has 7 heteroatoms. The molecule has 1 fully saturated rings. The Hall–Kier alpha value is -1.11. The molecule has 0 saturated carbocycles. The second-order valence-corrected chi connectivity index (χ2v) is 12.0. The maximum atomic E-state index is 13.3. The third-order valence-corrected chi connectivity index (χ3v) is 8.34. The first-order valence-corrected chi connectivity index (χ1v) is 13.8. The molecule has 0 bridgehead atoms. The van der Waals surface area contributed by atoms with Crippen LogP contribution in [0, 0.1) is 5.92 Å². The van der Waals surface area contributed by atoms with Crippen molar-refractivity contribution in [3.8, 4) is 0 Å². The Morgan fingerprint density at radius 2 is 1.70 bits per heavy atom. The Morgan fingerprint density at radius 3 is 2.33 bits per heavy atom. The number of amides is 2. The predicted molar refractivity (Wildman–Crippen MR) is 142 cm³/mol. The number of halogens is 3. The molecule has 0 radical (unpaired) electrons. The molecule has 178 valence electrons.